The van der Waals surface area contributed by atoms with Crippen molar-refractivity contribution in [3.05, 3.63) is 17.8 Å². The molecule has 1 rings (SSSR count). The second-order valence-electron chi connectivity index (χ2n) is 4.59. The highest BCUT2D eigenvalue weighted by Gasteiger charge is 2.19. The van der Waals surface area contributed by atoms with Crippen LogP contribution in [0.2, 0.25) is 0 Å². The highest BCUT2D eigenvalue weighted by atomic mass is 16.5. The zero-order valence-electron chi connectivity index (χ0n) is 12.3. The number of nitrogens with zero attached hydrogens (tertiary/aromatic N) is 2. The van der Waals surface area contributed by atoms with E-state index in [2.05, 4.69) is 23.7 Å². The topological polar surface area (TPSA) is 88.7 Å². The Kier molecular flexibility index (Phi) is 6.24. The molecular formula is C14H23N3O3. The third-order valence-corrected chi connectivity index (χ3v) is 3.36. The van der Waals surface area contributed by atoms with Crippen LogP contribution < -0.4 is 10.6 Å². The number of carboxylic acid groups (broad SMARTS) is 1. The summed E-state index contributed by atoms with van der Waals surface area (Å²) in [6, 6.07) is 1.83. The summed E-state index contributed by atoms with van der Waals surface area (Å²) in [5.41, 5.74) is 5.91. The highest BCUT2D eigenvalue weighted by Crippen LogP contribution is 2.22. The average molecular weight is 281 g/mol. The van der Waals surface area contributed by atoms with Gasteiger partial charge in [0.2, 0.25) is 0 Å². The molecule has 20 heavy (non-hydrogen) atoms. The minimum Gasteiger partial charge on any atom is -0.478 e. The lowest BCUT2D eigenvalue weighted by atomic mass is 10.1. The largest absolute Gasteiger partial charge is 0.478 e. The van der Waals surface area contributed by atoms with Gasteiger partial charge in [0.25, 0.3) is 0 Å². The summed E-state index contributed by atoms with van der Waals surface area (Å²) in [6.45, 7) is 5.43. The van der Waals surface area contributed by atoms with Crippen molar-refractivity contribution >= 4 is 17.5 Å². The highest BCUT2D eigenvalue weighted by molar-refractivity contribution is 5.94. The summed E-state index contributed by atoms with van der Waals surface area (Å²) in [4.78, 5) is 17.5. The molecule has 1 aromatic heterocycles. The first-order chi connectivity index (χ1) is 9.54. The van der Waals surface area contributed by atoms with Crippen LogP contribution in [0.4, 0.5) is 11.5 Å². The van der Waals surface area contributed by atoms with Crippen LogP contribution in [0.1, 0.15) is 37.0 Å². The molecule has 1 aromatic rings. The molecule has 0 unspecified atom stereocenters. The Balaban J connectivity index is 3.12. The molecule has 0 aliphatic rings. The van der Waals surface area contributed by atoms with Crippen molar-refractivity contribution in [2.75, 3.05) is 30.9 Å². The molecule has 0 aromatic carbocycles. The summed E-state index contributed by atoms with van der Waals surface area (Å²) in [7, 11) is 1.64. The van der Waals surface area contributed by atoms with Gasteiger partial charge in [0.05, 0.1) is 24.1 Å². The number of rotatable bonds is 8. The van der Waals surface area contributed by atoms with E-state index < -0.39 is 5.97 Å². The molecule has 0 aliphatic heterocycles. The first kappa shape index (κ1) is 16.2. The molecule has 6 nitrogen and oxygen atoms in total. The second-order valence-corrected chi connectivity index (χ2v) is 4.59. The molecule has 0 spiro atoms. The molecule has 112 valence electrons. The number of aromatic nitrogens is 1. The van der Waals surface area contributed by atoms with Crippen LogP contribution in [-0.2, 0) is 4.74 Å². The standard InChI is InChI=1S/C14H23N3O3/c1-4-10(5-2)17(6-7-20-3)13-8-11(14(18)19)12(15)9-16-13/h8-10H,4-7,15H2,1-3H3,(H,18,19). The third-order valence-electron chi connectivity index (χ3n) is 3.36. The fraction of sp³-hybridized carbons (Fsp3) is 0.571. The van der Waals surface area contributed by atoms with E-state index in [1.165, 1.54) is 12.3 Å². The van der Waals surface area contributed by atoms with Crippen molar-refractivity contribution in [1.82, 2.24) is 4.98 Å². The molecule has 6 heteroatoms. The van der Waals surface area contributed by atoms with Gasteiger partial charge in [-0.2, -0.15) is 0 Å². The summed E-state index contributed by atoms with van der Waals surface area (Å²) in [5, 5.41) is 9.15. The van der Waals surface area contributed by atoms with Crippen LogP contribution in [0.25, 0.3) is 0 Å². The van der Waals surface area contributed by atoms with Gasteiger partial charge in [-0.3, -0.25) is 0 Å². The van der Waals surface area contributed by atoms with E-state index in [1.807, 2.05) is 0 Å². The van der Waals surface area contributed by atoms with Gasteiger partial charge in [-0.15, -0.1) is 0 Å². The van der Waals surface area contributed by atoms with Crippen LogP contribution in [0.5, 0.6) is 0 Å². The van der Waals surface area contributed by atoms with Gasteiger partial charge >= 0.3 is 5.97 Å². The number of anilines is 2. The van der Waals surface area contributed by atoms with E-state index in [0.29, 0.717) is 25.0 Å². The summed E-state index contributed by atoms with van der Waals surface area (Å²) in [6.07, 6.45) is 3.31. The molecule has 1 heterocycles. The Bertz CT molecular complexity index is 447. The molecular weight excluding hydrogens is 258 g/mol. The Morgan fingerprint density at radius 2 is 2.15 bits per heavy atom. The van der Waals surface area contributed by atoms with E-state index in [4.69, 9.17) is 15.6 Å². The molecule has 0 amide bonds. The molecule has 0 bridgehead atoms. The normalized spacial score (nSPS) is 10.8. The molecule has 0 atom stereocenters. The molecule has 0 fully saturated rings. The first-order valence-corrected chi connectivity index (χ1v) is 6.79. The van der Waals surface area contributed by atoms with Gasteiger partial charge < -0.3 is 20.5 Å². The maximum atomic E-state index is 11.2. The van der Waals surface area contributed by atoms with E-state index >= 15 is 0 Å². The number of pyridine rings is 1. The zero-order valence-corrected chi connectivity index (χ0v) is 12.3. The summed E-state index contributed by atoms with van der Waals surface area (Å²) < 4.78 is 5.12. The van der Waals surface area contributed by atoms with E-state index in [1.54, 1.807) is 7.11 Å². The zero-order chi connectivity index (χ0) is 15.1. The Morgan fingerprint density at radius 1 is 1.50 bits per heavy atom. The minimum atomic E-state index is -1.04. The van der Waals surface area contributed by atoms with Gasteiger partial charge in [-0.05, 0) is 18.9 Å². The summed E-state index contributed by atoms with van der Waals surface area (Å²) in [5.74, 6) is -0.412. The first-order valence-electron chi connectivity index (χ1n) is 6.79. The number of hydrogen-bond donors (Lipinski definition) is 2. The van der Waals surface area contributed by atoms with Gasteiger partial charge in [0, 0.05) is 19.7 Å². The van der Waals surface area contributed by atoms with Crippen molar-refractivity contribution in [2.24, 2.45) is 0 Å². The number of nitrogens with two attached hydrogens (primary N) is 1. The number of carbonyl (C=O) groups is 1. The molecule has 0 saturated heterocycles. The van der Waals surface area contributed by atoms with Crippen molar-refractivity contribution < 1.29 is 14.6 Å². The fourth-order valence-corrected chi connectivity index (χ4v) is 2.20. The molecule has 0 saturated carbocycles. The Morgan fingerprint density at radius 3 is 2.65 bits per heavy atom. The SMILES string of the molecule is CCC(CC)N(CCOC)c1cc(C(=O)O)c(N)cn1. The number of methoxy groups -OCH3 is 1. The van der Waals surface area contributed by atoms with Gasteiger partial charge in [-0.25, -0.2) is 9.78 Å². The molecule has 0 radical (unpaired) electrons. The number of hydrogen-bond acceptors (Lipinski definition) is 5. The van der Waals surface area contributed by atoms with Crippen LogP contribution >= 0.6 is 0 Å². The average Bonchev–Trinajstić information content (AvgIpc) is 2.44. The Labute approximate surface area is 119 Å². The van der Waals surface area contributed by atoms with Crippen molar-refractivity contribution in [1.29, 1.82) is 0 Å². The smallest absolute Gasteiger partial charge is 0.337 e. The lowest BCUT2D eigenvalue weighted by Gasteiger charge is -2.31. The maximum Gasteiger partial charge on any atom is 0.337 e. The van der Waals surface area contributed by atoms with E-state index in [9.17, 15) is 4.79 Å². The van der Waals surface area contributed by atoms with E-state index in [0.717, 1.165) is 12.8 Å². The van der Waals surface area contributed by atoms with E-state index in [-0.39, 0.29) is 11.3 Å². The lowest BCUT2D eigenvalue weighted by Crippen LogP contribution is -2.37. The number of aromatic carboxylic acids is 1. The van der Waals surface area contributed by atoms with Crippen LogP contribution in [-0.4, -0.2) is 42.4 Å². The molecule has 0 aliphatic carbocycles. The number of nitrogen functional groups attached to an aromatic ring is 1. The quantitative estimate of drug-likeness (QED) is 0.757. The fourth-order valence-electron chi connectivity index (χ4n) is 2.20. The van der Waals surface area contributed by atoms with Gasteiger partial charge in [0.1, 0.15) is 5.82 Å². The second kappa shape index (κ2) is 7.69. The monoisotopic (exact) mass is 281 g/mol. The predicted molar refractivity (Wildman–Crippen MR) is 79.2 cm³/mol. The lowest BCUT2D eigenvalue weighted by molar-refractivity contribution is 0.0698. The van der Waals surface area contributed by atoms with Crippen LogP contribution in [0.15, 0.2) is 12.3 Å². The van der Waals surface area contributed by atoms with Crippen molar-refractivity contribution in [2.45, 2.75) is 32.7 Å². The summed E-state index contributed by atoms with van der Waals surface area (Å²) >= 11 is 0. The maximum absolute atomic E-state index is 11.2. The third kappa shape index (κ3) is 3.84. The van der Waals surface area contributed by atoms with Crippen LogP contribution in [0.3, 0.4) is 0 Å². The van der Waals surface area contributed by atoms with Crippen molar-refractivity contribution in [3.8, 4) is 0 Å². The Hall–Kier alpha value is -1.82. The van der Waals surface area contributed by atoms with Crippen molar-refractivity contribution in [3.63, 3.8) is 0 Å². The van der Waals surface area contributed by atoms with Gasteiger partial charge in [-0.1, -0.05) is 13.8 Å². The number of carboxylic acids is 1. The van der Waals surface area contributed by atoms with Crippen LogP contribution in [0, 0.1) is 0 Å². The van der Waals surface area contributed by atoms with Gasteiger partial charge in [0.15, 0.2) is 0 Å². The molecule has 3 N–H and O–H groups in total. The predicted octanol–water partition coefficient (Wildman–Crippen LogP) is 2.00. The number of ether oxygens (including phenoxy) is 1. The minimum absolute atomic E-state index is 0.0865.